The summed E-state index contributed by atoms with van der Waals surface area (Å²) in [7, 11) is 1.57. The maximum absolute atomic E-state index is 12.6. The van der Waals surface area contributed by atoms with Crippen LogP contribution in [0.3, 0.4) is 0 Å². The Morgan fingerprint density at radius 3 is 2.82 bits per heavy atom. The number of nitriles is 1. The number of fused-ring (bicyclic) bond motifs is 1. The van der Waals surface area contributed by atoms with E-state index in [0.717, 1.165) is 4.90 Å². The summed E-state index contributed by atoms with van der Waals surface area (Å²) < 4.78 is 0. The Hall–Kier alpha value is -2.63. The van der Waals surface area contributed by atoms with Gasteiger partial charge in [0.05, 0.1) is 22.1 Å². The van der Waals surface area contributed by atoms with Crippen LogP contribution in [-0.2, 0) is 5.75 Å². The van der Waals surface area contributed by atoms with Crippen LogP contribution in [0.2, 0.25) is 0 Å². The van der Waals surface area contributed by atoms with E-state index in [0.29, 0.717) is 32.2 Å². The van der Waals surface area contributed by atoms with Gasteiger partial charge in [-0.2, -0.15) is 5.26 Å². The molecule has 2 aromatic heterocycles. The molecular weight excluding hydrogens is 392 g/mol. The third-order valence-corrected chi connectivity index (χ3v) is 6.75. The number of nitrogens with zero attached hydrogens (tertiary/aromatic N) is 3. The number of aromatic nitrogens is 2. The van der Waals surface area contributed by atoms with E-state index >= 15 is 0 Å². The molecule has 0 radical (unpaired) electrons. The lowest BCUT2D eigenvalue weighted by atomic mass is 10.2. The van der Waals surface area contributed by atoms with Gasteiger partial charge < -0.3 is 9.88 Å². The van der Waals surface area contributed by atoms with Crippen LogP contribution in [0.25, 0.3) is 10.2 Å². The van der Waals surface area contributed by atoms with E-state index in [4.69, 9.17) is 5.26 Å². The second kappa shape index (κ2) is 8.17. The zero-order valence-electron chi connectivity index (χ0n) is 16.1. The lowest BCUT2D eigenvalue weighted by Gasteiger charge is -2.11. The minimum atomic E-state index is -0.271. The summed E-state index contributed by atoms with van der Waals surface area (Å²) in [4.78, 5) is 36.1. The summed E-state index contributed by atoms with van der Waals surface area (Å²) in [5.74, 6) is 0.839. The topological polar surface area (TPSA) is 89.8 Å². The van der Waals surface area contributed by atoms with Gasteiger partial charge in [0.1, 0.15) is 17.2 Å². The molecule has 3 rings (SSSR count). The van der Waals surface area contributed by atoms with Crippen molar-refractivity contribution in [3.8, 4) is 6.07 Å². The van der Waals surface area contributed by atoms with Gasteiger partial charge in [-0.15, -0.1) is 23.1 Å². The minimum Gasteiger partial charge on any atom is -0.328 e. The molecule has 1 amide bonds. The van der Waals surface area contributed by atoms with Crippen molar-refractivity contribution in [1.29, 1.82) is 5.26 Å². The normalized spacial score (nSPS) is 10.8. The van der Waals surface area contributed by atoms with E-state index in [-0.39, 0.29) is 18.0 Å². The van der Waals surface area contributed by atoms with Gasteiger partial charge in [-0.05, 0) is 38.0 Å². The second-order valence-electron chi connectivity index (χ2n) is 6.63. The molecule has 0 spiro atoms. The Bertz CT molecular complexity index is 1160. The first-order valence-corrected chi connectivity index (χ1v) is 10.5. The fourth-order valence-corrected chi connectivity index (χ4v) is 5.01. The summed E-state index contributed by atoms with van der Waals surface area (Å²) in [6.07, 6.45) is 0. The number of carbonyl (C=O) groups is 1. The van der Waals surface area contributed by atoms with Crippen molar-refractivity contribution < 1.29 is 4.79 Å². The standard InChI is InChI=1S/C20H20N4O2S2/c1-11-5-6-12(2)14(9-11)27-10-15-22-18(25)16-13(3)17(28-19(16)23-15)20(26)24(4)8-7-21/h5-6,9H,8,10H2,1-4H3,(H,22,23,25). The van der Waals surface area contributed by atoms with Crippen LogP contribution in [0.5, 0.6) is 0 Å². The van der Waals surface area contributed by atoms with Gasteiger partial charge in [-0.3, -0.25) is 9.59 Å². The molecule has 0 aliphatic carbocycles. The number of amides is 1. The third kappa shape index (κ3) is 3.96. The van der Waals surface area contributed by atoms with Gasteiger partial charge in [0, 0.05) is 11.9 Å². The molecule has 0 aliphatic heterocycles. The number of aryl methyl sites for hydroxylation is 3. The Kier molecular flexibility index (Phi) is 5.87. The number of hydrogen-bond donors (Lipinski definition) is 1. The predicted octanol–water partition coefficient (Wildman–Crippen LogP) is 3.80. The highest BCUT2D eigenvalue weighted by Gasteiger charge is 2.21. The molecule has 0 atom stereocenters. The van der Waals surface area contributed by atoms with E-state index < -0.39 is 0 Å². The Morgan fingerprint density at radius 2 is 2.11 bits per heavy atom. The minimum absolute atomic E-state index is 0.00591. The lowest BCUT2D eigenvalue weighted by molar-refractivity contribution is 0.0816. The Balaban J connectivity index is 1.92. The molecule has 1 aromatic carbocycles. The highest BCUT2D eigenvalue weighted by molar-refractivity contribution is 7.98. The number of rotatable bonds is 5. The average molecular weight is 413 g/mol. The molecule has 1 N–H and O–H groups in total. The smallest absolute Gasteiger partial charge is 0.264 e. The molecule has 8 heteroatoms. The maximum Gasteiger partial charge on any atom is 0.264 e. The molecule has 2 heterocycles. The van der Waals surface area contributed by atoms with E-state index in [1.54, 1.807) is 25.7 Å². The summed E-state index contributed by atoms with van der Waals surface area (Å²) in [6, 6.07) is 8.22. The molecule has 0 bridgehead atoms. The zero-order chi connectivity index (χ0) is 20.4. The Morgan fingerprint density at radius 1 is 1.36 bits per heavy atom. The van der Waals surface area contributed by atoms with Crippen molar-refractivity contribution in [2.45, 2.75) is 31.4 Å². The van der Waals surface area contributed by atoms with Gasteiger partial charge in [-0.1, -0.05) is 17.7 Å². The van der Waals surface area contributed by atoms with Crippen LogP contribution in [0, 0.1) is 32.1 Å². The third-order valence-electron chi connectivity index (χ3n) is 4.41. The van der Waals surface area contributed by atoms with Crippen LogP contribution in [0.1, 0.15) is 32.2 Å². The van der Waals surface area contributed by atoms with Crippen molar-refractivity contribution in [3.63, 3.8) is 0 Å². The number of thioether (sulfide) groups is 1. The second-order valence-corrected chi connectivity index (χ2v) is 8.64. The number of thiophene rings is 1. The molecule has 0 saturated heterocycles. The van der Waals surface area contributed by atoms with Crippen molar-refractivity contribution >= 4 is 39.2 Å². The predicted molar refractivity (Wildman–Crippen MR) is 113 cm³/mol. The molecule has 0 aliphatic rings. The summed E-state index contributed by atoms with van der Waals surface area (Å²) >= 11 is 2.82. The highest BCUT2D eigenvalue weighted by atomic mass is 32.2. The first-order chi connectivity index (χ1) is 13.3. The zero-order valence-corrected chi connectivity index (χ0v) is 17.8. The van der Waals surface area contributed by atoms with Gasteiger partial charge in [0.15, 0.2) is 0 Å². The number of benzene rings is 1. The number of aromatic amines is 1. The number of hydrogen-bond acceptors (Lipinski definition) is 6. The van der Waals surface area contributed by atoms with Gasteiger partial charge in [0.25, 0.3) is 11.5 Å². The maximum atomic E-state index is 12.6. The number of H-pyrrole nitrogens is 1. The molecule has 0 unspecified atom stereocenters. The molecular formula is C20H20N4O2S2. The highest BCUT2D eigenvalue weighted by Crippen LogP contribution is 2.30. The average Bonchev–Trinajstić information content (AvgIpc) is 2.99. The largest absolute Gasteiger partial charge is 0.328 e. The molecule has 0 fully saturated rings. The molecule has 0 saturated carbocycles. The van der Waals surface area contributed by atoms with E-state index in [1.807, 2.05) is 13.0 Å². The fourth-order valence-electron chi connectivity index (χ4n) is 2.82. The van der Waals surface area contributed by atoms with Crippen molar-refractivity contribution in [3.05, 3.63) is 55.9 Å². The molecule has 28 heavy (non-hydrogen) atoms. The van der Waals surface area contributed by atoms with Crippen LogP contribution in [0.15, 0.2) is 27.9 Å². The first kappa shape index (κ1) is 20.1. The van der Waals surface area contributed by atoms with E-state index in [2.05, 4.69) is 35.1 Å². The SMILES string of the molecule is Cc1ccc(C)c(SCc2nc3sc(C(=O)N(C)CC#N)c(C)c3c(=O)[nH]2)c1. The molecule has 144 valence electrons. The summed E-state index contributed by atoms with van der Waals surface area (Å²) in [5, 5.41) is 9.25. The number of carbonyl (C=O) groups excluding carboxylic acids is 1. The quantitative estimate of drug-likeness (QED) is 0.508. The van der Waals surface area contributed by atoms with E-state index in [1.165, 1.54) is 27.4 Å². The van der Waals surface area contributed by atoms with Crippen molar-refractivity contribution in [2.24, 2.45) is 0 Å². The van der Waals surface area contributed by atoms with Crippen molar-refractivity contribution in [2.75, 3.05) is 13.6 Å². The Labute approximate surface area is 171 Å². The summed E-state index contributed by atoms with van der Waals surface area (Å²) in [5.41, 5.74) is 2.73. The van der Waals surface area contributed by atoms with Crippen LogP contribution < -0.4 is 5.56 Å². The van der Waals surface area contributed by atoms with Crippen LogP contribution in [-0.4, -0.2) is 34.4 Å². The first-order valence-electron chi connectivity index (χ1n) is 8.66. The van der Waals surface area contributed by atoms with Gasteiger partial charge in [-0.25, -0.2) is 4.98 Å². The monoisotopic (exact) mass is 412 g/mol. The van der Waals surface area contributed by atoms with Crippen molar-refractivity contribution in [1.82, 2.24) is 14.9 Å². The fraction of sp³-hybridized carbons (Fsp3) is 0.300. The van der Waals surface area contributed by atoms with Gasteiger partial charge in [0.2, 0.25) is 0 Å². The van der Waals surface area contributed by atoms with E-state index in [9.17, 15) is 9.59 Å². The number of nitrogens with one attached hydrogen (secondary N) is 1. The summed E-state index contributed by atoms with van der Waals surface area (Å²) in [6.45, 7) is 5.84. The lowest BCUT2D eigenvalue weighted by Crippen LogP contribution is -2.26. The van der Waals surface area contributed by atoms with Crippen LogP contribution >= 0.6 is 23.1 Å². The molecule has 3 aromatic rings. The molecule has 6 nitrogen and oxygen atoms in total. The van der Waals surface area contributed by atoms with Crippen LogP contribution in [0.4, 0.5) is 0 Å². The van der Waals surface area contributed by atoms with Gasteiger partial charge >= 0.3 is 0 Å².